The lowest BCUT2D eigenvalue weighted by Crippen LogP contribution is -2.20. The minimum Gasteiger partial charge on any atom is -0.268 e. The third kappa shape index (κ3) is 2.69. The number of rotatable bonds is 2. The molecule has 4 rings (SSSR count). The molecule has 0 unspecified atom stereocenters. The third-order valence-electron chi connectivity index (χ3n) is 3.68. The SMILES string of the molecule is CS(=O)(=O)Nc1nc2ccccc2n2c(=O)c3ccc(Cl)cc3nc12. The summed E-state index contributed by atoms with van der Waals surface area (Å²) in [4.78, 5) is 21.7. The van der Waals surface area contributed by atoms with Gasteiger partial charge in [-0.05, 0) is 30.3 Å². The lowest BCUT2D eigenvalue weighted by Gasteiger charge is -2.12. The monoisotopic (exact) mass is 374 g/mol. The number of sulfonamides is 1. The highest BCUT2D eigenvalue weighted by molar-refractivity contribution is 7.92. The van der Waals surface area contributed by atoms with Gasteiger partial charge >= 0.3 is 0 Å². The van der Waals surface area contributed by atoms with Crippen LogP contribution in [0.3, 0.4) is 0 Å². The molecule has 0 spiro atoms. The Kier molecular flexibility index (Phi) is 3.41. The quantitative estimate of drug-likeness (QED) is 0.429. The minimum absolute atomic E-state index is 0.0137. The molecule has 0 aliphatic rings. The summed E-state index contributed by atoms with van der Waals surface area (Å²) >= 11 is 5.99. The number of para-hydroxylation sites is 2. The van der Waals surface area contributed by atoms with E-state index in [2.05, 4.69) is 14.7 Å². The maximum absolute atomic E-state index is 13.0. The molecule has 0 saturated heterocycles. The highest BCUT2D eigenvalue weighted by Gasteiger charge is 2.16. The average molecular weight is 375 g/mol. The number of hydrogen-bond donors (Lipinski definition) is 1. The molecule has 2 aromatic carbocycles. The van der Waals surface area contributed by atoms with Gasteiger partial charge in [0.2, 0.25) is 10.0 Å². The maximum atomic E-state index is 13.0. The number of benzene rings is 2. The number of anilines is 1. The molecule has 2 aromatic heterocycles. The summed E-state index contributed by atoms with van der Waals surface area (Å²) < 4.78 is 27.1. The van der Waals surface area contributed by atoms with Crippen LogP contribution in [0.1, 0.15) is 0 Å². The van der Waals surface area contributed by atoms with E-state index in [9.17, 15) is 13.2 Å². The Bertz CT molecular complexity index is 1330. The molecule has 0 atom stereocenters. The Morgan fingerprint density at radius 2 is 1.84 bits per heavy atom. The highest BCUT2D eigenvalue weighted by Crippen LogP contribution is 2.23. The molecule has 25 heavy (non-hydrogen) atoms. The van der Waals surface area contributed by atoms with E-state index in [1.165, 1.54) is 4.40 Å². The first-order valence-electron chi connectivity index (χ1n) is 7.22. The van der Waals surface area contributed by atoms with Gasteiger partial charge < -0.3 is 0 Å². The van der Waals surface area contributed by atoms with Crippen LogP contribution >= 0.6 is 11.6 Å². The molecule has 7 nitrogen and oxygen atoms in total. The first kappa shape index (κ1) is 15.8. The van der Waals surface area contributed by atoms with E-state index in [-0.39, 0.29) is 17.0 Å². The zero-order valence-electron chi connectivity index (χ0n) is 12.9. The van der Waals surface area contributed by atoms with E-state index >= 15 is 0 Å². The Morgan fingerprint density at radius 1 is 1.08 bits per heavy atom. The van der Waals surface area contributed by atoms with Crippen LogP contribution in [0.4, 0.5) is 5.82 Å². The Morgan fingerprint density at radius 3 is 2.60 bits per heavy atom. The zero-order chi connectivity index (χ0) is 17.8. The zero-order valence-corrected chi connectivity index (χ0v) is 14.5. The molecule has 126 valence electrons. The van der Waals surface area contributed by atoms with Crippen LogP contribution in [0.15, 0.2) is 47.3 Å². The Hall–Kier alpha value is -2.71. The van der Waals surface area contributed by atoms with Gasteiger partial charge in [-0.3, -0.25) is 13.9 Å². The second kappa shape index (κ2) is 5.40. The van der Waals surface area contributed by atoms with Gasteiger partial charge in [0.15, 0.2) is 11.5 Å². The molecule has 0 fully saturated rings. The number of fused-ring (bicyclic) bond motifs is 4. The predicted octanol–water partition coefficient (Wildman–Crippen LogP) is 2.42. The van der Waals surface area contributed by atoms with Gasteiger partial charge in [0.25, 0.3) is 5.56 Å². The first-order valence-corrected chi connectivity index (χ1v) is 9.49. The Balaban J connectivity index is 2.27. The number of nitrogens with one attached hydrogen (secondary N) is 1. The molecular weight excluding hydrogens is 364 g/mol. The molecule has 0 saturated carbocycles. The summed E-state index contributed by atoms with van der Waals surface area (Å²) in [6.45, 7) is 0. The van der Waals surface area contributed by atoms with Gasteiger partial charge in [-0.15, -0.1) is 0 Å². The number of nitrogens with zero attached hydrogens (tertiary/aromatic N) is 3. The van der Waals surface area contributed by atoms with E-state index in [0.29, 0.717) is 27.0 Å². The molecular formula is C16H11ClN4O3S. The maximum Gasteiger partial charge on any atom is 0.266 e. The van der Waals surface area contributed by atoms with Gasteiger partial charge in [0.1, 0.15) is 0 Å². The molecule has 9 heteroatoms. The highest BCUT2D eigenvalue weighted by atomic mass is 35.5. The summed E-state index contributed by atoms with van der Waals surface area (Å²) in [7, 11) is -3.61. The van der Waals surface area contributed by atoms with Gasteiger partial charge in [-0.2, -0.15) is 0 Å². The fourth-order valence-electron chi connectivity index (χ4n) is 2.70. The topological polar surface area (TPSA) is 93.4 Å². The van der Waals surface area contributed by atoms with Crippen molar-refractivity contribution in [3.8, 4) is 0 Å². The van der Waals surface area contributed by atoms with Crippen LogP contribution in [-0.4, -0.2) is 29.0 Å². The Labute approximate surface area is 147 Å². The predicted molar refractivity (Wildman–Crippen MR) is 97.7 cm³/mol. The van der Waals surface area contributed by atoms with Gasteiger partial charge in [0.05, 0.1) is 28.2 Å². The molecule has 0 aliphatic heterocycles. The molecule has 0 radical (unpaired) electrons. The van der Waals surface area contributed by atoms with Gasteiger partial charge in [0, 0.05) is 5.02 Å². The van der Waals surface area contributed by atoms with Crippen molar-refractivity contribution < 1.29 is 8.42 Å². The summed E-state index contributed by atoms with van der Waals surface area (Å²) in [5.74, 6) is -0.0137. The van der Waals surface area contributed by atoms with Crippen LogP contribution in [0.25, 0.3) is 27.6 Å². The fourth-order valence-corrected chi connectivity index (χ4v) is 3.36. The van der Waals surface area contributed by atoms with Crippen LogP contribution in [0.5, 0.6) is 0 Å². The van der Waals surface area contributed by atoms with E-state index in [0.717, 1.165) is 6.26 Å². The summed E-state index contributed by atoms with van der Waals surface area (Å²) in [5.41, 5.74) is 1.16. The second-order valence-electron chi connectivity index (χ2n) is 5.56. The summed E-state index contributed by atoms with van der Waals surface area (Å²) in [5, 5.41) is 0.804. The van der Waals surface area contributed by atoms with E-state index < -0.39 is 10.0 Å². The molecule has 4 aromatic rings. The molecule has 2 heterocycles. The third-order valence-corrected chi connectivity index (χ3v) is 4.48. The molecule has 0 aliphatic carbocycles. The lowest BCUT2D eigenvalue weighted by molar-refractivity contribution is 0.606. The largest absolute Gasteiger partial charge is 0.268 e. The average Bonchev–Trinajstić information content (AvgIpc) is 2.53. The smallest absolute Gasteiger partial charge is 0.266 e. The van der Waals surface area contributed by atoms with Crippen LogP contribution in [-0.2, 0) is 10.0 Å². The van der Waals surface area contributed by atoms with Crippen LogP contribution in [0, 0.1) is 0 Å². The molecule has 0 amide bonds. The van der Waals surface area contributed by atoms with E-state index in [4.69, 9.17) is 11.6 Å². The standard InChI is InChI=1S/C16H11ClN4O3S/c1-25(23,24)20-14-15-19-12-8-9(17)6-7-10(12)16(22)21(15)13-5-3-2-4-11(13)18-14/h2-8H,1H3,(H,18,20). The first-order chi connectivity index (χ1) is 11.8. The van der Waals surface area contributed by atoms with Crippen LogP contribution < -0.4 is 10.3 Å². The van der Waals surface area contributed by atoms with Crippen molar-refractivity contribution in [3.05, 3.63) is 57.8 Å². The number of hydrogen-bond acceptors (Lipinski definition) is 5. The van der Waals surface area contributed by atoms with Gasteiger partial charge in [-0.25, -0.2) is 18.4 Å². The summed E-state index contributed by atoms with van der Waals surface area (Å²) in [6, 6.07) is 11.7. The van der Waals surface area contributed by atoms with Crippen molar-refractivity contribution in [2.24, 2.45) is 0 Å². The minimum atomic E-state index is -3.61. The van der Waals surface area contributed by atoms with E-state index in [1.54, 1.807) is 42.5 Å². The normalized spacial score (nSPS) is 12.1. The van der Waals surface area contributed by atoms with Crippen molar-refractivity contribution >= 4 is 55.0 Å². The second-order valence-corrected chi connectivity index (χ2v) is 7.75. The molecule has 1 N–H and O–H groups in total. The van der Waals surface area contributed by atoms with Crippen molar-refractivity contribution in [1.82, 2.24) is 14.4 Å². The lowest BCUT2D eigenvalue weighted by atomic mass is 10.2. The number of aromatic nitrogens is 3. The van der Waals surface area contributed by atoms with Crippen molar-refractivity contribution in [3.63, 3.8) is 0 Å². The van der Waals surface area contributed by atoms with Crippen molar-refractivity contribution in [2.45, 2.75) is 0 Å². The van der Waals surface area contributed by atoms with E-state index in [1.807, 2.05) is 0 Å². The van der Waals surface area contributed by atoms with Crippen molar-refractivity contribution in [2.75, 3.05) is 11.0 Å². The fraction of sp³-hybridized carbons (Fsp3) is 0.0625. The number of halogens is 1. The van der Waals surface area contributed by atoms with Gasteiger partial charge in [-0.1, -0.05) is 23.7 Å². The van der Waals surface area contributed by atoms with Crippen molar-refractivity contribution in [1.29, 1.82) is 0 Å². The summed E-state index contributed by atoms with van der Waals surface area (Å²) in [6.07, 6.45) is 1.01. The van der Waals surface area contributed by atoms with Crippen LogP contribution in [0.2, 0.25) is 5.02 Å². The molecule has 0 bridgehead atoms.